The maximum absolute atomic E-state index is 11.7. The molecule has 0 aliphatic carbocycles. The van der Waals surface area contributed by atoms with Crippen LogP contribution in [0.3, 0.4) is 0 Å². The number of carbonyl (C=O) groups excluding carboxylic acids is 1. The third kappa shape index (κ3) is 4.19. The fourth-order valence-corrected chi connectivity index (χ4v) is 1.70. The Bertz CT molecular complexity index is 383. The fraction of sp³-hybridized carbons (Fsp3) is 0.417. The van der Waals surface area contributed by atoms with Crippen LogP contribution in [-0.2, 0) is 4.79 Å². The third-order valence-electron chi connectivity index (χ3n) is 2.65. The van der Waals surface area contributed by atoms with E-state index in [1.54, 1.807) is 18.9 Å². The monoisotopic (exact) mass is 276 g/mol. The summed E-state index contributed by atoms with van der Waals surface area (Å²) in [7, 11) is 1.75. The van der Waals surface area contributed by atoms with Crippen molar-refractivity contribution in [2.24, 2.45) is 5.73 Å². The van der Waals surface area contributed by atoms with Crippen LogP contribution in [0.5, 0.6) is 0 Å². The molecule has 96 valence electrons. The van der Waals surface area contributed by atoms with E-state index in [1.807, 2.05) is 31.2 Å². The van der Waals surface area contributed by atoms with E-state index in [1.165, 1.54) is 0 Å². The summed E-state index contributed by atoms with van der Waals surface area (Å²) >= 11 is 5.91. The standard InChI is InChI=1S/C12H17ClN2O.ClH/c1-8(14)12(16)15(3)9(2)10-5-4-6-11(13)7-10;/h4-9H,14H2,1-3H3;1H. The van der Waals surface area contributed by atoms with Crippen molar-refractivity contribution in [1.29, 1.82) is 0 Å². The van der Waals surface area contributed by atoms with Crippen LogP contribution in [0.25, 0.3) is 0 Å². The molecule has 0 saturated carbocycles. The van der Waals surface area contributed by atoms with Crippen LogP contribution < -0.4 is 5.73 Å². The van der Waals surface area contributed by atoms with E-state index in [0.717, 1.165) is 5.56 Å². The molecule has 0 radical (unpaired) electrons. The summed E-state index contributed by atoms with van der Waals surface area (Å²) in [5.41, 5.74) is 6.57. The van der Waals surface area contributed by atoms with Crippen LogP contribution in [0.1, 0.15) is 25.5 Å². The van der Waals surface area contributed by atoms with Gasteiger partial charge in [-0.3, -0.25) is 4.79 Å². The van der Waals surface area contributed by atoms with Crippen molar-refractivity contribution >= 4 is 29.9 Å². The molecule has 17 heavy (non-hydrogen) atoms. The van der Waals surface area contributed by atoms with Gasteiger partial charge >= 0.3 is 0 Å². The number of likely N-dealkylation sites (N-methyl/N-ethyl adjacent to an activating group) is 1. The molecule has 0 heterocycles. The number of benzene rings is 1. The SMILES string of the molecule is CC(N)C(=O)N(C)C(C)c1cccc(Cl)c1.Cl. The van der Waals surface area contributed by atoms with Gasteiger partial charge in [-0.25, -0.2) is 0 Å². The van der Waals surface area contributed by atoms with E-state index in [9.17, 15) is 4.79 Å². The fourth-order valence-electron chi connectivity index (χ4n) is 1.50. The molecule has 0 fully saturated rings. The van der Waals surface area contributed by atoms with Gasteiger partial charge in [-0.15, -0.1) is 12.4 Å². The van der Waals surface area contributed by atoms with E-state index in [2.05, 4.69) is 0 Å². The van der Waals surface area contributed by atoms with Gasteiger partial charge < -0.3 is 10.6 Å². The molecule has 1 aromatic carbocycles. The number of carbonyl (C=O) groups is 1. The lowest BCUT2D eigenvalue weighted by Gasteiger charge is -2.27. The Morgan fingerprint density at radius 3 is 2.47 bits per heavy atom. The van der Waals surface area contributed by atoms with Crippen molar-refractivity contribution in [3.8, 4) is 0 Å². The molecule has 2 atom stereocenters. The summed E-state index contributed by atoms with van der Waals surface area (Å²) in [6.07, 6.45) is 0. The van der Waals surface area contributed by atoms with Crippen molar-refractivity contribution in [2.75, 3.05) is 7.05 Å². The lowest BCUT2D eigenvalue weighted by Crippen LogP contribution is -2.40. The predicted molar refractivity (Wildman–Crippen MR) is 73.5 cm³/mol. The van der Waals surface area contributed by atoms with Gasteiger partial charge in [0, 0.05) is 12.1 Å². The predicted octanol–water partition coefficient (Wildman–Crippen LogP) is 2.63. The maximum Gasteiger partial charge on any atom is 0.239 e. The number of nitrogens with zero attached hydrogens (tertiary/aromatic N) is 1. The highest BCUT2D eigenvalue weighted by Crippen LogP contribution is 2.22. The summed E-state index contributed by atoms with van der Waals surface area (Å²) < 4.78 is 0. The molecule has 3 nitrogen and oxygen atoms in total. The molecule has 0 spiro atoms. The second-order valence-corrected chi connectivity index (χ2v) is 4.41. The molecular formula is C12H18Cl2N2O. The quantitative estimate of drug-likeness (QED) is 0.923. The number of rotatable bonds is 3. The Labute approximate surface area is 113 Å². The molecule has 0 bridgehead atoms. The van der Waals surface area contributed by atoms with Crippen molar-refractivity contribution < 1.29 is 4.79 Å². The second kappa shape index (κ2) is 6.84. The first kappa shape index (κ1) is 16.2. The summed E-state index contributed by atoms with van der Waals surface area (Å²) in [6.45, 7) is 3.63. The Morgan fingerprint density at radius 1 is 1.41 bits per heavy atom. The van der Waals surface area contributed by atoms with E-state index in [0.29, 0.717) is 5.02 Å². The molecule has 1 amide bonds. The number of amides is 1. The molecule has 0 aromatic heterocycles. The maximum atomic E-state index is 11.7. The van der Waals surface area contributed by atoms with Gasteiger partial charge in [0.1, 0.15) is 0 Å². The smallest absolute Gasteiger partial charge is 0.239 e. The van der Waals surface area contributed by atoms with Crippen LogP contribution in [-0.4, -0.2) is 23.9 Å². The minimum atomic E-state index is -0.480. The zero-order valence-corrected chi connectivity index (χ0v) is 11.8. The molecule has 0 saturated heterocycles. The van der Waals surface area contributed by atoms with Gasteiger partial charge in [0.15, 0.2) is 0 Å². The second-order valence-electron chi connectivity index (χ2n) is 3.97. The average molecular weight is 277 g/mol. The Morgan fingerprint density at radius 2 is 2.00 bits per heavy atom. The lowest BCUT2D eigenvalue weighted by atomic mass is 10.1. The summed E-state index contributed by atoms with van der Waals surface area (Å²) in [5.74, 6) is -0.0764. The van der Waals surface area contributed by atoms with E-state index in [4.69, 9.17) is 17.3 Å². The normalized spacial score (nSPS) is 13.5. The first-order valence-electron chi connectivity index (χ1n) is 5.21. The van der Waals surface area contributed by atoms with Gasteiger partial charge in [0.05, 0.1) is 12.1 Å². The molecule has 5 heteroatoms. The molecule has 2 unspecified atom stereocenters. The highest BCUT2D eigenvalue weighted by atomic mass is 35.5. The van der Waals surface area contributed by atoms with Gasteiger partial charge in [-0.2, -0.15) is 0 Å². The van der Waals surface area contributed by atoms with Crippen LogP contribution in [0.4, 0.5) is 0 Å². The minimum Gasteiger partial charge on any atom is -0.338 e. The van der Waals surface area contributed by atoms with Gasteiger partial charge in [-0.1, -0.05) is 23.7 Å². The van der Waals surface area contributed by atoms with Crippen LogP contribution in [0, 0.1) is 0 Å². The van der Waals surface area contributed by atoms with Gasteiger partial charge in [0.25, 0.3) is 0 Å². The zero-order chi connectivity index (χ0) is 12.3. The number of nitrogens with two attached hydrogens (primary N) is 1. The van der Waals surface area contributed by atoms with Crippen LogP contribution >= 0.6 is 24.0 Å². The third-order valence-corrected chi connectivity index (χ3v) is 2.88. The number of halogens is 2. The first-order valence-corrected chi connectivity index (χ1v) is 5.59. The van der Waals surface area contributed by atoms with Crippen molar-refractivity contribution in [2.45, 2.75) is 25.9 Å². The topological polar surface area (TPSA) is 46.3 Å². The van der Waals surface area contributed by atoms with Crippen molar-refractivity contribution in [3.05, 3.63) is 34.9 Å². The summed E-state index contributed by atoms with van der Waals surface area (Å²) in [6, 6.07) is 6.98. The molecule has 0 aliphatic heterocycles. The largest absolute Gasteiger partial charge is 0.338 e. The Balaban J connectivity index is 0.00000256. The lowest BCUT2D eigenvalue weighted by molar-refractivity contribution is -0.132. The average Bonchev–Trinajstić information content (AvgIpc) is 2.26. The first-order chi connectivity index (χ1) is 7.43. The van der Waals surface area contributed by atoms with E-state index in [-0.39, 0.29) is 24.4 Å². The Hall–Kier alpha value is -0.770. The Kier molecular flexibility index (Phi) is 6.53. The van der Waals surface area contributed by atoms with Crippen LogP contribution in [0.2, 0.25) is 5.02 Å². The molecule has 2 N–H and O–H groups in total. The van der Waals surface area contributed by atoms with Crippen LogP contribution in [0.15, 0.2) is 24.3 Å². The zero-order valence-electron chi connectivity index (χ0n) is 10.2. The molecule has 1 rings (SSSR count). The highest BCUT2D eigenvalue weighted by Gasteiger charge is 2.19. The van der Waals surface area contributed by atoms with Gasteiger partial charge in [0.2, 0.25) is 5.91 Å². The molecular weight excluding hydrogens is 259 g/mol. The number of hydrogen-bond donors (Lipinski definition) is 1. The minimum absolute atomic E-state index is 0. The molecule has 0 aliphatic rings. The highest BCUT2D eigenvalue weighted by molar-refractivity contribution is 6.30. The molecule has 1 aromatic rings. The summed E-state index contributed by atoms with van der Waals surface area (Å²) in [5, 5.41) is 0.672. The number of hydrogen-bond acceptors (Lipinski definition) is 2. The van der Waals surface area contributed by atoms with E-state index >= 15 is 0 Å². The van der Waals surface area contributed by atoms with Gasteiger partial charge in [-0.05, 0) is 31.5 Å². The van der Waals surface area contributed by atoms with E-state index < -0.39 is 6.04 Å². The summed E-state index contributed by atoms with van der Waals surface area (Å²) in [4.78, 5) is 13.3. The van der Waals surface area contributed by atoms with Crippen molar-refractivity contribution in [1.82, 2.24) is 4.90 Å². The van der Waals surface area contributed by atoms with Crippen molar-refractivity contribution in [3.63, 3.8) is 0 Å².